The third-order valence-electron chi connectivity index (χ3n) is 5.47. The zero-order valence-electron chi connectivity index (χ0n) is 17.9. The Morgan fingerprint density at radius 2 is 1.73 bits per heavy atom. The Hall–Kier alpha value is -3.72. The van der Waals surface area contributed by atoms with E-state index in [1.807, 2.05) is 43.3 Å². The number of carbonyl (C=O) groups is 3. The summed E-state index contributed by atoms with van der Waals surface area (Å²) in [4.78, 5) is 40.0. The fraction of sp³-hybridized carbons (Fsp3) is 0.250. The number of aliphatic carboxylic acids is 1. The van der Waals surface area contributed by atoms with Crippen LogP contribution in [0.25, 0.3) is 11.1 Å². The zero-order chi connectivity index (χ0) is 23.4. The molecule has 0 saturated heterocycles. The van der Waals surface area contributed by atoms with Crippen LogP contribution in [0.4, 0.5) is 9.93 Å². The second-order valence-corrected chi connectivity index (χ2v) is 8.50. The highest BCUT2D eigenvalue weighted by molar-refractivity contribution is 7.14. The van der Waals surface area contributed by atoms with Gasteiger partial charge in [0, 0.05) is 11.3 Å². The number of carboxylic acids is 1. The van der Waals surface area contributed by atoms with Crippen molar-refractivity contribution in [3.63, 3.8) is 0 Å². The molecule has 9 heteroatoms. The van der Waals surface area contributed by atoms with Gasteiger partial charge in [-0.2, -0.15) is 0 Å². The van der Waals surface area contributed by atoms with E-state index in [1.54, 1.807) is 0 Å². The predicted octanol–water partition coefficient (Wildman–Crippen LogP) is 4.49. The van der Waals surface area contributed by atoms with E-state index in [2.05, 4.69) is 27.8 Å². The van der Waals surface area contributed by atoms with Crippen molar-refractivity contribution >= 4 is 34.4 Å². The molecule has 1 aliphatic carbocycles. The smallest absolute Gasteiger partial charge is 0.413 e. The van der Waals surface area contributed by atoms with Gasteiger partial charge < -0.3 is 15.2 Å². The monoisotopic (exact) mass is 465 g/mol. The molecule has 1 atom stereocenters. The Morgan fingerprint density at radius 1 is 1.09 bits per heavy atom. The molecule has 1 aliphatic rings. The molecule has 33 heavy (non-hydrogen) atoms. The summed E-state index contributed by atoms with van der Waals surface area (Å²) in [6.45, 7) is 2.00. The van der Waals surface area contributed by atoms with Crippen LogP contribution in [-0.4, -0.2) is 40.7 Å². The van der Waals surface area contributed by atoms with E-state index >= 15 is 0 Å². The largest absolute Gasteiger partial charge is 0.480 e. The summed E-state index contributed by atoms with van der Waals surface area (Å²) in [6.07, 6.45) is 0.256. The first-order valence-electron chi connectivity index (χ1n) is 10.6. The number of benzene rings is 2. The zero-order valence-corrected chi connectivity index (χ0v) is 18.7. The van der Waals surface area contributed by atoms with E-state index in [-0.39, 0.29) is 23.4 Å². The predicted molar refractivity (Wildman–Crippen MR) is 125 cm³/mol. The minimum Gasteiger partial charge on any atom is -0.480 e. The van der Waals surface area contributed by atoms with Crippen LogP contribution in [0.2, 0.25) is 0 Å². The van der Waals surface area contributed by atoms with Gasteiger partial charge in [-0.1, -0.05) is 61.9 Å². The molecule has 8 nitrogen and oxygen atoms in total. The Balaban J connectivity index is 1.36. The lowest BCUT2D eigenvalue weighted by atomic mass is 9.98. The van der Waals surface area contributed by atoms with Crippen molar-refractivity contribution in [2.75, 3.05) is 11.9 Å². The Kier molecular flexibility index (Phi) is 6.69. The van der Waals surface area contributed by atoms with Gasteiger partial charge in [-0.25, -0.2) is 14.6 Å². The summed E-state index contributed by atoms with van der Waals surface area (Å²) >= 11 is 1.06. The molecule has 2 aromatic carbocycles. The third kappa shape index (κ3) is 4.88. The highest BCUT2D eigenvalue weighted by Crippen LogP contribution is 2.44. The SMILES string of the molecule is CCCC(NC(=O)c1csc(NC(=O)OCC2c3ccccc3-c3ccccc32)n1)C(=O)O. The summed E-state index contributed by atoms with van der Waals surface area (Å²) in [7, 11) is 0. The average Bonchev–Trinajstić information content (AvgIpc) is 3.40. The van der Waals surface area contributed by atoms with Crippen molar-refractivity contribution in [2.24, 2.45) is 0 Å². The van der Waals surface area contributed by atoms with Gasteiger partial charge in [0.15, 0.2) is 5.13 Å². The molecule has 3 aromatic rings. The van der Waals surface area contributed by atoms with E-state index in [0.717, 1.165) is 33.6 Å². The Morgan fingerprint density at radius 3 is 2.33 bits per heavy atom. The van der Waals surface area contributed by atoms with Gasteiger partial charge in [0.25, 0.3) is 5.91 Å². The Labute approximate surface area is 194 Å². The summed E-state index contributed by atoms with van der Waals surface area (Å²) in [5, 5.41) is 15.8. The fourth-order valence-electron chi connectivity index (χ4n) is 3.94. The first-order chi connectivity index (χ1) is 16.0. The molecule has 1 aromatic heterocycles. The molecule has 1 unspecified atom stereocenters. The number of carboxylic acid groups (broad SMARTS) is 1. The number of thiazole rings is 1. The highest BCUT2D eigenvalue weighted by Gasteiger charge is 2.29. The van der Waals surface area contributed by atoms with Crippen LogP contribution in [0.5, 0.6) is 0 Å². The highest BCUT2D eigenvalue weighted by atomic mass is 32.1. The maximum atomic E-state index is 12.4. The van der Waals surface area contributed by atoms with Gasteiger partial charge in [0.1, 0.15) is 18.3 Å². The maximum absolute atomic E-state index is 12.4. The van der Waals surface area contributed by atoms with Crippen molar-refractivity contribution < 1.29 is 24.2 Å². The third-order valence-corrected chi connectivity index (χ3v) is 6.23. The summed E-state index contributed by atoms with van der Waals surface area (Å²) in [5.41, 5.74) is 4.54. The van der Waals surface area contributed by atoms with Crippen LogP contribution in [0.3, 0.4) is 0 Å². The summed E-state index contributed by atoms with van der Waals surface area (Å²) in [6, 6.07) is 15.1. The molecule has 0 spiro atoms. The number of anilines is 1. The van der Waals surface area contributed by atoms with Crippen LogP contribution in [0, 0.1) is 0 Å². The van der Waals surface area contributed by atoms with E-state index in [1.165, 1.54) is 5.38 Å². The van der Waals surface area contributed by atoms with Crippen molar-refractivity contribution in [1.82, 2.24) is 10.3 Å². The van der Waals surface area contributed by atoms with E-state index in [4.69, 9.17) is 4.74 Å². The van der Waals surface area contributed by atoms with Gasteiger partial charge >= 0.3 is 12.1 Å². The van der Waals surface area contributed by atoms with E-state index in [9.17, 15) is 19.5 Å². The van der Waals surface area contributed by atoms with Crippen LogP contribution in [-0.2, 0) is 9.53 Å². The molecule has 0 aliphatic heterocycles. The number of ether oxygens (including phenoxy) is 1. The molecule has 0 radical (unpaired) electrons. The van der Waals surface area contributed by atoms with Gasteiger partial charge in [-0.15, -0.1) is 11.3 Å². The van der Waals surface area contributed by atoms with Crippen molar-refractivity contribution in [1.29, 1.82) is 0 Å². The van der Waals surface area contributed by atoms with Crippen LogP contribution >= 0.6 is 11.3 Å². The molecule has 0 saturated carbocycles. The Bertz CT molecular complexity index is 1150. The number of amides is 2. The first kappa shape index (κ1) is 22.5. The van der Waals surface area contributed by atoms with Crippen molar-refractivity contribution in [3.8, 4) is 11.1 Å². The number of hydrogen-bond donors (Lipinski definition) is 3. The van der Waals surface area contributed by atoms with Gasteiger partial charge in [0.2, 0.25) is 0 Å². The molecule has 4 rings (SSSR count). The van der Waals surface area contributed by atoms with Gasteiger partial charge in [-0.05, 0) is 28.7 Å². The molecule has 3 N–H and O–H groups in total. The topological polar surface area (TPSA) is 118 Å². The lowest BCUT2D eigenvalue weighted by Gasteiger charge is -2.14. The maximum Gasteiger partial charge on any atom is 0.413 e. The molecule has 2 amide bonds. The van der Waals surface area contributed by atoms with Gasteiger partial charge in [0.05, 0.1) is 0 Å². The summed E-state index contributed by atoms with van der Waals surface area (Å²) < 4.78 is 5.48. The molecule has 170 valence electrons. The lowest BCUT2D eigenvalue weighted by molar-refractivity contribution is -0.139. The van der Waals surface area contributed by atoms with E-state index in [0.29, 0.717) is 12.8 Å². The van der Waals surface area contributed by atoms with Crippen molar-refractivity contribution in [3.05, 3.63) is 70.7 Å². The number of aromatic nitrogens is 1. The molecular formula is C24H23N3O5S. The number of hydrogen-bond acceptors (Lipinski definition) is 6. The number of nitrogens with zero attached hydrogens (tertiary/aromatic N) is 1. The van der Waals surface area contributed by atoms with Crippen LogP contribution in [0.15, 0.2) is 53.9 Å². The summed E-state index contributed by atoms with van der Waals surface area (Å²) in [5.74, 6) is -1.77. The minimum absolute atomic E-state index is 0.0382. The van der Waals surface area contributed by atoms with Gasteiger partial charge in [-0.3, -0.25) is 10.1 Å². The fourth-order valence-corrected chi connectivity index (χ4v) is 4.61. The molecular weight excluding hydrogens is 442 g/mol. The average molecular weight is 466 g/mol. The quantitative estimate of drug-likeness (QED) is 0.451. The molecule has 0 fully saturated rings. The normalized spacial score (nSPS) is 13.0. The van der Waals surface area contributed by atoms with Crippen LogP contribution < -0.4 is 10.6 Å². The number of rotatable bonds is 8. The first-order valence-corrected chi connectivity index (χ1v) is 11.5. The van der Waals surface area contributed by atoms with Crippen LogP contribution in [0.1, 0.15) is 47.3 Å². The number of nitrogens with one attached hydrogen (secondary N) is 2. The standard InChI is InChI=1S/C24H23N3O5S/c1-2-7-19(22(29)30)25-21(28)20-13-33-23(26-20)27-24(31)32-12-18-16-10-5-3-8-14(16)15-9-4-6-11-17(15)18/h3-6,8-11,13,18-19H,2,7,12H2,1H3,(H,25,28)(H,29,30)(H,26,27,31). The second-order valence-electron chi connectivity index (χ2n) is 7.64. The number of fused-ring (bicyclic) bond motifs is 3. The second kappa shape index (κ2) is 9.83. The number of carbonyl (C=O) groups excluding carboxylic acids is 2. The minimum atomic E-state index is -1.10. The molecule has 0 bridgehead atoms. The molecule has 1 heterocycles. The lowest BCUT2D eigenvalue weighted by Crippen LogP contribution is -2.40. The van der Waals surface area contributed by atoms with Crippen molar-refractivity contribution in [2.45, 2.75) is 31.7 Å². The van der Waals surface area contributed by atoms with E-state index < -0.39 is 24.0 Å².